The van der Waals surface area contributed by atoms with E-state index in [0.29, 0.717) is 11.5 Å². The number of rotatable bonds is 5. The molecule has 8 heteroatoms. The van der Waals surface area contributed by atoms with Crippen LogP contribution in [0.4, 0.5) is 0 Å². The van der Waals surface area contributed by atoms with Crippen LogP contribution >= 0.6 is 23.2 Å². The van der Waals surface area contributed by atoms with Crippen LogP contribution in [0.25, 0.3) is 0 Å². The van der Waals surface area contributed by atoms with Gasteiger partial charge >= 0.3 is 5.97 Å². The molecule has 2 aromatic carbocycles. The first-order chi connectivity index (χ1) is 12.5. The van der Waals surface area contributed by atoms with Crippen molar-refractivity contribution in [2.24, 2.45) is 0 Å². The Morgan fingerprint density at radius 3 is 2.77 bits per heavy atom. The molecule has 1 N–H and O–H groups in total. The number of amides is 1. The number of carbonyl (C=O) groups excluding carboxylic acids is 2. The van der Waals surface area contributed by atoms with Crippen LogP contribution in [0.3, 0.4) is 0 Å². The maximum atomic E-state index is 12.2. The van der Waals surface area contributed by atoms with Crippen molar-refractivity contribution in [3.8, 4) is 11.5 Å². The summed E-state index contributed by atoms with van der Waals surface area (Å²) in [4.78, 5) is 24.3. The average molecular weight is 396 g/mol. The number of ether oxygens (including phenoxy) is 3. The Bertz CT molecular complexity index is 855. The third-order valence-electron chi connectivity index (χ3n) is 3.73. The van der Waals surface area contributed by atoms with Gasteiger partial charge in [-0.3, -0.25) is 4.79 Å². The minimum Gasteiger partial charge on any atom is -0.454 e. The summed E-state index contributed by atoms with van der Waals surface area (Å²) in [6.45, 7) is 1.92. The van der Waals surface area contributed by atoms with Gasteiger partial charge in [-0.05, 0) is 36.8 Å². The molecule has 0 spiro atoms. The summed E-state index contributed by atoms with van der Waals surface area (Å²) >= 11 is 11.9. The predicted molar refractivity (Wildman–Crippen MR) is 95.8 cm³/mol. The van der Waals surface area contributed by atoms with Crippen LogP contribution in [0.15, 0.2) is 36.4 Å². The second kappa shape index (κ2) is 7.85. The van der Waals surface area contributed by atoms with Crippen LogP contribution in [0.1, 0.15) is 22.8 Å². The molecule has 26 heavy (non-hydrogen) atoms. The monoisotopic (exact) mass is 395 g/mol. The Kier molecular flexibility index (Phi) is 5.54. The highest BCUT2D eigenvalue weighted by Crippen LogP contribution is 2.32. The van der Waals surface area contributed by atoms with Crippen LogP contribution in [-0.2, 0) is 16.1 Å². The largest absolute Gasteiger partial charge is 0.454 e. The van der Waals surface area contributed by atoms with E-state index in [1.54, 1.807) is 24.3 Å². The van der Waals surface area contributed by atoms with Crippen molar-refractivity contribution in [3.05, 3.63) is 57.6 Å². The fourth-order valence-corrected chi connectivity index (χ4v) is 2.70. The van der Waals surface area contributed by atoms with E-state index in [1.165, 1.54) is 13.0 Å². The predicted octanol–water partition coefficient (Wildman–Crippen LogP) is 3.58. The number of nitrogens with one attached hydrogen (secondary N) is 1. The number of hydrogen-bond acceptors (Lipinski definition) is 5. The van der Waals surface area contributed by atoms with Crippen LogP contribution < -0.4 is 14.8 Å². The first kappa shape index (κ1) is 18.4. The summed E-state index contributed by atoms with van der Waals surface area (Å²) in [5.41, 5.74) is 0.939. The van der Waals surface area contributed by atoms with E-state index in [4.69, 9.17) is 37.4 Å². The summed E-state index contributed by atoms with van der Waals surface area (Å²) < 4.78 is 15.7. The van der Waals surface area contributed by atoms with Crippen LogP contribution in [0.5, 0.6) is 11.5 Å². The molecule has 0 radical (unpaired) electrons. The first-order valence-electron chi connectivity index (χ1n) is 7.77. The van der Waals surface area contributed by atoms with Gasteiger partial charge in [-0.15, -0.1) is 0 Å². The van der Waals surface area contributed by atoms with Crippen LogP contribution in [0.2, 0.25) is 10.0 Å². The number of benzene rings is 2. The van der Waals surface area contributed by atoms with E-state index in [0.717, 1.165) is 5.56 Å². The highest BCUT2D eigenvalue weighted by Gasteiger charge is 2.21. The Labute approximate surface area is 159 Å². The number of fused-ring (bicyclic) bond motifs is 1. The summed E-state index contributed by atoms with van der Waals surface area (Å²) in [5.74, 6) is 0.144. The molecule has 0 aliphatic carbocycles. The van der Waals surface area contributed by atoms with E-state index in [-0.39, 0.29) is 28.9 Å². The fraction of sp³-hybridized carbons (Fsp3) is 0.222. The molecule has 136 valence electrons. The normalized spacial score (nSPS) is 13.2. The van der Waals surface area contributed by atoms with E-state index in [1.807, 2.05) is 6.07 Å². The third-order valence-corrected chi connectivity index (χ3v) is 4.55. The lowest BCUT2D eigenvalue weighted by molar-refractivity contribution is -0.129. The Morgan fingerprint density at radius 2 is 1.96 bits per heavy atom. The second-order valence-electron chi connectivity index (χ2n) is 5.55. The lowest BCUT2D eigenvalue weighted by Gasteiger charge is -2.14. The van der Waals surface area contributed by atoms with E-state index in [9.17, 15) is 9.59 Å². The van der Waals surface area contributed by atoms with Crippen molar-refractivity contribution < 1.29 is 23.8 Å². The van der Waals surface area contributed by atoms with E-state index in [2.05, 4.69) is 5.32 Å². The number of esters is 1. The SMILES string of the molecule is C[C@@H](OC(=O)c1cccc(Cl)c1Cl)C(=O)NCc1ccc2c(c1)OCO2. The van der Waals surface area contributed by atoms with E-state index >= 15 is 0 Å². The minimum atomic E-state index is -0.994. The molecule has 0 fully saturated rings. The Hall–Kier alpha value is -2.44. The molecule has 0 unspecified atom stereocenters. The van der Waals surface area contributed by atoms with Crippen LogP contribution in [0, 0.1) is 0 Å². The summed E-state index contributed by atoms with van der Waals surface area (Å²) in [6, 6.07) is 9.99. The molecule has 1 atom stereocenters. The number of carbonyl (C=O) groups is 2. The maximum absolute atomic E-state index is 12.2. The first-order valence-corrected chi connectivity index (χ1v) is 8.52. The summed E-state index contributed by atoms with van der Waals surface area (Å²) in [5, 5.41) is 3.03. The van der Waals surface area contributed by atoms with Gasteiger partial charge in [0.1, 0.15) is 0 Å². The molecular weight excluding hydrogens is 381 g/mol. The molecule has 2 aromatic rings. The van der Waals surface area contributed by atoms with Gasteiger partial charge in [0, 0.05) is 6.54 Å². The quantitative estimate of drug-likeness (QED) is 0.783. The third kappa shape index (κ3) is 4.03. The van der Waals surface area contributed by atoms with Gasteiger partial charge in [0.05, 0.1) is 15.6 Å². The molecule has 1 aliphatic heterocycles. The molecule has 1 amide bonds. The van der Waals surface area contributed by atoms with Crippen LogP contribution in [-0.4, -0.2) is 24.8 Å². The standard InChI is InChI=1S/C18H15Cl2NO5/c1-10(26-18(23)12-3-2-4-13(19)16(12)20)17(22)21-8-11-5-6-14-15(7-11)25-9-24-14/h2-7,10H,8-9H2,1H3,(H,21,22)/t10-/m1/s1. The van der Waals surface area contributed by atoms with Gasteiger partial charge in [-0.1, -0.05) is 35.3 Å². The van der Waals surface area contributed by atoms with Crippen molar-refractivity contribution in [2.75, 3.05) is 6.79 Å². The minimum absolute atomic E-state index is 0.0899. The molecule has 1 aliphatic rings. The zero-order chi connectivity index (χ0) is 18.7. The summed E-state index contributed by atoms with van der Waals surface area (Å²) in [6.07, 6.45) is -0.994. The van der Waals surface area contributed by atoms with Crippen molar-refractivity contribution in [1.29, 1.82) is 0 Å². The maximum Gasteiger partial charge on any atom is 0.340 e. The zero-order valence-electron chi connectivity index (χ0n) is 13.8. The van der Waals surface area contributed by atoms with Crippen molar-refractivity contribution in [2.45, 2.75) is 19.6 Å². The van der Waals surface area contributed by atoms with Crippen molar-refractivity contribution in [3.63, 3.8) is 0 Å². The van der Waals surface area contributed by atoms with Gasteiger partial charge in [0.2, 0.25) is 6.79 Å². The lowest BCUT2D eigenvalue weighted by Crippen LogP contribution is -2.35. The van der Waals surface area contributed by atoms with Crippen molar-refractivity contribution >= 4 is 35.1 Å². The molecule has 0 saturated heterocycles. The molecule has 0 saturated carbocycles. The zero-order valence-corrected chi connectivity index (χ0v) is 15.3. The highest BCUT2D eigenvalue weighted by molar-refractivity contribution is 6.43. The number of halogens is 2. The molecule has 0 bridgehead atoms. The number of hydrogen-bond donors (Lipinski definition) is 1. The van der Waals surface area contributed by atoms with Gasteiger partial charge in [-0.2, -0.15) is 0 Å². The molecule has 0 aromatic heterocycles. The topological polar surface area (TPSA) is 73.9 Å². The molecule has 1 heterocycles. The Morgan fingerprint density at radius 1 is 1.19 bits per heavy atom. The smallest absolute Gasteiger partial charge is 0.340 e. The van der Waals surface area contributed by atoms with Crippen molar-refractivity contribution in [1.82, 2.24) is 5.32 Å². The van der Waals surface area contributed by atoms with Gasteiger partial charge in [0.25, 0.3) is 5.91 Å². The summed E-state index contributed by atoms with van der Waals surface area (Å²) in [7, 11) is 0. The van der Waals surface area contributed by atoms with E-state index < -0.39 is 18.0 Å². The molecule has 6 nitrogen and oxygen atoms in total. The highest BCUT2D eigenvalue weighted by atomic mass is 35.5. The lowest BCUT2D eigenvalue weighted by atomic mass is 10.2. The second-order valence-corrected chi connectivity index (χ2v) is 6.34. The average Bonchev–Trinajstić information content (AvgIpc) is 3.09. The molecule has 3 rings (SSSR count). The molecular formula is C18H15Cl2NO5. The Balaban J connectivity index is 1.56. The van der Waals surface area contributed by atoms with Gasteiger partial charge in [0.15, 0.2) is 17.6 Å². The van der Waals surface area contributed by atoms with Gasteiger partial charge < -0.3 is 19.5 Å². The fourth-order valence-electron chi connectivity index (χ4n) is 2.32. The van der Waals surface area contributed by atoms with Gasteiger partial charge in [-0.25, -0.2) is 4.79 Å².